The summed E-state index contributed by atoms with van der Waals surface area (Å²) in [5, 5.41) is 38.0. The van der Waals surface area contributed by atoms with E-state index in [4.69, 9.17) is 20.9 Å². The third-order valence-corrected chi connectivity index (χ3v) is 3.31. The first kappa shape index (κ1) is 12.9. The summed E-state index contributed by atoms with van der Waals surface area (Å²) >= 11 is 0. The zero-order valence-corrected chi connectivity index (χ0v) is 9.82. The quantitative estimate of drug-likeness (QED) is 0.481. The van der Waals surface area contributed by atoms with Crippen molar-refractivity contribution in [3.05, 3.63) is 23.5 Å². The van der Waals surface area contributed by atoms with Gasteiger partial charge in [-0.2, -0.15) is 5.26 Å². The van der Waals surface area contributed by atoms with Crippen molar-refractivity contribution in [3.8, 4) is 6.07 Å². The monoisotopic (exact) mass is 253 g/mol. The standard InChI is InChI=1S/C11H15N3O4/c1-11(17)9(16)8(5-15)18-10(11)7-3-2-6(4-12)14(7)13/h2-3,8-10,15-17H,5,13H2,1H3/t8-,9-,10+,11-/m1/s1. The highest BCUT2D eigenvalue weighted by Crippen LogP contribution is 2.41. The number of nitriles is 1. The molecular weight excluding hydrogens is 238 g/mol. The minimum absolute atomic E-state index is 0.214. The fraction of sp³-hybridized carbons (Fsp3) is 0.545. The summed E-state index contributed by atoms with van der Waals surface area (Å²) in [7, 11) is 0. The van der Waals surface area contributed by atoms with E-state index < -0.39 is 30.5 Å². The molecule has 5 N–H and O–H groups in total. The average molecular weight is 253 g/mol. The highest BCUT2D eigenvalue weighted by atomic mass is 16.6. The molecule has 7 nitrogen and oxygen atoms in total. The van der Waals surface area contributed by atoms with Gasteiger partial charge in [-0.25, -0.2) is 0 Å². The van der Waals surface area contributed by atoms with Crippen LogP contribution in [0.4, 0.5) is 0 Å². The Kier molecular flexibility index (Phi) is 3.04. The predicted molar refractivity (Wildman–Crippen MR) is 60.6 cm³/mol. The van der Waals surface area contributed by atoms with Crippen LogP contribution in [0.1, 0.15) is 24.4 Å². The largest absolute Gasteiger partial charge is 0.394 e. The van der Waals surface area contributed by atoms with Gasteiger partial charge in [0.2, 0.25) is 0 Å². The Labute approximate surface area is 104 Å². The van der Waals surface area contributed by atoms with E-state index in [0.717, 1.165) is 4.68 Å². The van der Waals surface area contributed by atoms with Crippen LogP contribution in [-0.4, -0.2) is 44.4 Å². The van der Waals surface area contributed by atoms with E-state index in [1.165, 1.54) is 13.0 Å². The molecule has 0 spiro atoms. The molecule has 7 heteroatoms. The van der Waals surface area contributed by atoms with Crippen LogP contribution in [0, 0.1) is 11.3 Å². The number of hydrogen-bond donors (Lipinski definition) is 4. The van der Waals surface area contributed by atoms with Crippen molar-refractivity contribution in [2.24, 2.45) is 0 Å². The normalized spacial score (nSPS) is 35.6. The molecule has 0 amide bonds. The number of aromatic nitrogens is 1. The summed E-state index contributed by atoms with van der Waals surface area (Å²) < 4.78 is 6.51. The lowest BCUT2D eigenvalue weighted by Gasteiger charge is -2.26. The van der Waals surface area contributed by atoms with Crippen molar-refractivity contribution in [3.63, 3.8) is 0 Å². The molecule has 2 rings (SSSR count). The molecule has 0 radical (unpaired) electrons. The van der Waals surface area contributed by atoms with Crippen LogP contribution in [0.5, 0.6) is 0 Å². The second-order valence-electron chi connectivity index (χ2n) is 4.53. The molecule has 98 valence electrons. The zero-order chi connectivity index (χ0) is 13.5. The first-order valence-electron chi connectivity index (χ1n) is 5.47. The number of rotatable bonds is 2. The third-order valence-electron chi connectivity index (χ3n) is 3.31. The van der Waals surface area contributed by atoms with Gasteiger partial charge in [-0.05, 0) is 19.1 Å². The zero-order valence-electron chi connectivity index (χ0n) is 9.82. The molecule has 0 bridgehead atoms. The molecule has 0 unspecified atom stereocenters. The van der Waals surface area contributed by atoms with E-state index in [0.29, 0.717) is 5.69 Å². The summed E-state index contributed by atoms with van der Waals surface area (Å²) in [6.45, 7) is 0.987. The molecule has 1 aliphatic heterocycles. The second-order valence-corrected chi connectivity index (χ2v) is 4.53. The SMILES string of the molecule is C[C@@]1(O)[C@H](O)[C@@H](CO)O[C@H]1c1ccc(C#N)n1N. The van der Waals surface area contributed by atoms with Crippen molar-refractivity contribution >= 4 is 0 Å². The Hall–Kier alpha value is -1.59. The van der Waals surface area contributed by atoms with Crippen LogP contribution in [0.15, 0.2) is 12.1 Å². The number of nitrogen functional groups attached to an aromatic ring is 1. The van der Waals surface area contributed by atoms with Gasteiger partial charge in [-0.3, -0.25) is 4.68 Å². The highest BCUT2D eigenvalue weighted by Gasteiger charge is 2.53. The highest BCUT2D eigenvalue weighted by molar-refractivity contribution is 5.30. The number of nitrogens with zero attached hydrogens (tertiary/aromatic N) is 2. The van der Waals surface area contributed by atoms with Crippen LogP contribution in [-0.2, 0) is 4.74 Å². The molecule has 2 heterocycles. The average Bonchev–Trinajstić information content (AvgIpc) is 2.80. The van der Waals surface area contributed by atoms with Gasteiger partial charge in [0.25, 0.3) is 0 Å². The van der Waals surface area contributed by atoms with Crippen molar-refractivity contribution in [1.29, 1.82) is 5.26 Å². The summed E-state index contributed by atoms with van der Waals surface area (Å²) in [6, 6.07) is 4.93. The van der Waals surface area contributed by atoms with E-state index in [9.17, 15) is 10.2 Å². The maximum atomic E-state index is 10.2. The van der Waals surface area contributed by atoms with Crippen molar-refractivity contribution < 1.29 is 20.1 Å². The smallest absolute Gasteiger partial charge is 0.139 e. The van der Waals surface area contributed by atoms with E-state index in [1.54, 1.807) is 6.07 Å². The topological polar surface area (TPSA) is 125 Å². The van der Waals surface area contributed by atoms with Crippen LogP contribution in [0.25, 0.3) is 0 Å². The van der Waals surface area contributed by atoms with Crippen molar-refractivity contribution in [2.45, 2.75) is 30.8 Å². The molecule has 0 saturated carbocycles. The van der Waals surface area contributed by atoms with Gasteiger partial charge < -0.3 is 25.9 Å². The molecule has 1 aromatic heterocycles. The van der Waals surface area contributed by atoms with Gasteiger partial charge in [-0.1, -0.05) is 0 Å². The Balaban J connectivity index is 2.39. The van der Waals surface area contributed by atoms with Crippen LogP contribution in [0.2, 0.25) is 0 Å². The summed E-state index contributed by atoms with van der Waals surface area (Å²) in [5.41, 5.74) is -1.01. The molecule has 1 fully saturated rings. The lowest BCUT2D eigenvalue weighted by molar-refractivity contribution is -0.0666. The molecule has 1 aliphatic rings. The molecule has 4 atom stereocenters. The lowest BCUT2D eigenvalue weighted by Crippen LogP contribution is -2.43. The molecule has 0 aliphatic carbocycles. The Bertz CT molecular complexity index is 491. The Morgan fingerprint density at radius 2 is 2.28 bits per heavy atom. The number of aliphatic hydroxyl groups excluding tert-OH is 2. The second kappa shape index (κ2) is 4.26. The van der Waals surface area contributed by atoms with E-state index in [-0.39, 0.29) is 5.69 Å². The van der Waals surface area contributed by atoms with E-state index >= 15 is 0 Å². The molecular formula is C11H15N3O4. The van der Waals surface area contributed by atoms with Gasteiger partial charge in [0.05, 0.1) is 12.3 Å². The summed E-state index contributed by atoms with van der Waals surface area (Å²) in [6.07, 6.45) is -3.02. The fourth-order valence-corrected chi connectivity index (χ4v) is 2.20. The van der Waals surface area contributed by atoms with Gasteiger partial charge in [0.15, 0.2) is 0 Å². The first-order chi connectivity index (χ1) is 8.43. The maximum Gasteiger partial charge on any atom is 0.139 e. The van der Waals surface area contributed by atoms with Crippen LogP contribution >= 0.6 is 0 Å². The van der Waals surface area contributed by atoms with Crippen LogP contribution < -0.4 is 5.84 Å². The fourth-order valence-electron chi connectivity index (χ4n) is 2.20. The molecule has 0 aromatic carbocycles. The van der Waals surface area contributed by atoms with Crippen molar-refractivity contribution in [2.75, 3.05) is 12.4 Å². The minimum atomic E-state index is -1.59. The number of aliphatic hydroxyl groups is 3. The van der Waals surface area contributed by atoms with Crippen molar-refractivity contribution in [1.82, 2.24) is 4.68 Å². The molecule has 1 aromatic rings. The summed E-state index contributed by atoms with van der Waals surface area (Å²) in [5.74, 6) is 5.71. The predicted octanol–water partition coefficient (Wildman–Crippen LogP) is -1.38. The van der Waals surface area contributed by atoms with Crippen LogP contribution in [0.3, 0.4) is 0 Å². The van der Waals surface area contributed by atoms with E-state index in [2.05, 4.69) is 0 Å². The van der Waals surface area contributed by atoms with Gasteiger partial charge in [0.1, 0.15) is 35.7 Å². The third kappa shape index (κ3) is 1.67. The lowest BCUT2D eigenvalue weighted by atomic mass is 9.91. The molecule has 1 saturated heterocycles. The Morgan fingerprint density at radius 3 is 2.72 bits per heavy atom. The van der Waals surface area contributed by atoms with Gasteiger partial charge >= 0.3 is 0 Å². The molecule has 18 heavy (non-hydrogen) atoms. The first-order valence-corrected chi connectivity index (χ1v) is 5.47. The van der Waals surface area contributed by atoms with Gasteiger partial charge in [0, 0.05) is 0 Å². The number of hydrogen-bond acceptors (Lipinski definition) is 6. The van der Waals surface area contributed by atoms with Gasteiger partial charge in [-0.15, -0.1) is 0 Å². The number of ether oxygens (including phenoxy) is 1. The minimum Gasteiger partial charge on any atom is -0.394 e. The summed E-state index contributed by atoms with van der Waals surface area (Å²) in [4.78, 5) is 0. The maximum absolute atomic E-state index is 10.2. The Morgan fingerprint density at radius 1 is 1.61 bits per heavy atom. The number of nitrogens with two attached hydrogens (primary N) is 1. The van der Waals surface area contributed by atoms with E-state index in [1.807, 2.05) is 6.07 Å².